The number of nitrogens with two attached hydrogens (primary N) is 1. The van der Waals surface area contributed by atoms with Gasteiger partial charge >= 0.3 is 18.4 Å². The minimum Gasteiger partial charge on any atom is -0.459 e. The van der Waals surface area contributed by atoms with Crippen molar-refractivity contribution >= 4 is 40.2 Å². The molecule has 4 aromatic rings. The molecule has 0 saturated carbocycles. The standard InChI is InChI=1S/C26H20F4N4O5/c27-16-6-11-21-19(12-16)20(33-25(37)32-17-7-9-18(10-8-17)39-26(28,29)30)13-34(21)23(35)22(31)24(36)38-14-15-4-2-1-3-5-15/h1-13,22H,14,31H2,(H2,32,33,37). The number of amides is 2. The second-order valence-corrected chi connectivity index (χ2v) is 8.13. The summed E-state index contributed by atoms with van der Waals surface area (Å²) in [6, 6.07) is 14.0. The third kappa shape index (κ3) is 6.90. The molecule has 3 aromatic carbocycles. The molecular formula is C26H20F4N4O5. The number of nitrogens with one attached hydrogen (secondary N) is 2. The number of alkyl halides is 3. The molecule has 9 nitrogen and oxygen atoms in total. The summed E-state index contributed by atoms with van der Waals surface area (Å²) >= 11 is 0. The fraction of sp³-hybridized carbons (Fsp3) is 0.115. The smallest absolute Gasteiger partial charge is 0.459 e. The van der Waals surface area contributed by atoms with Crippen molar-refractivity contribution in [3.8, 4) is 5.75 Å². The van der Waals surface area contributed by atoms with E-state index in [0.29, 0.717) is 5.56 Å². The average Bonchev–Trinajstić information content (AvgIpc) is 3.24. The Morgan fingerprint density at radius 2 is 1.64 bits per heavy atom. The molecule has 202 valence electrons. The van der Waals surface area contributed by atoms with E-state index in [2.05, 4.69) is 15.4 Å². The van der Waals surface area contributed by atoms with Gasteiger partial charge < -0.3 is 25.8 Å². The number of hydrogen-bond donors (Lipinski definition) is 3. The summed E-state index contributed by atoms with van der Waals surface area (Å²) in [5.41, 5.74) is 6.80. The molecule has 4 N–H and O–H groups in total. The first-order valence-electron chi connectivity index (χ1n) is 11.2. The van der Waals surface area contributed by atoms with Crippen LogP contribution >= 0.6 is 0 Å². The summed E-state index contributed by atoms with van der Waals surface area (Å²) in [7, 11) is 0. The Morgan fingerprint density at radius 3 is 2.31 bits per heavy atom. The van der Waals surface area contributed by atoms with Gasteiger partial charge in [0.2, 0.25) is 0 Å². The normalized spacial score (nSPS) is 12.0. The molecule has 39 heavy (non-hydrogen) atoms. The summed E-state index contributed by atoms with van der Waals surface area (Å²) in [5.74, 6) is -3.02. The fourth-order valence-electron chi connectivity index (χ4n) is 3.58. The van der Waals surface area contributed by atoms with Gasteiger partial charge in [-0.1, -0.05) is 30.3 Å². The number of nitrogens with zero attached hydrogens (tertiary/aromatic N) is 1. The van der Waals surface area contributed by atoms with E-state index in [1.54, 1.807) is 30.3 Å². The minimum absolute atomic E-state index is 0.00257. The monoisotopic (exact) mass is 544 g/mol. The number of esters is 1. The van der Waals surface area contributed by atoms with E-state index >= 15 is 0 Å². The van der Waals surface area contributed by atoms with Gasteiger partial charge in [-0.05, 0) is 48.0 Å². The summed E-state index contributed by atoms with van der Waals surface area (Å²) < 4.78 is 60.9. The SMILES string of the molecule is NC(C(=O)OCc1ccccc1)C(=O)n1cc(NC(=O)Nc2ccc(OC(F)(F)F)cc2)c2cc(F)ccc21. The van der Waals surface area contributed by atoms with Gasteiger partial charge in [0, 0.05) is 17.3 Å². The molecule has 1 unspecified atom stereocenters. The Hall–Kier alpha value is -4.91. The average molecular weight is 544 g/mol. The summed E-state index contributed by atoms with van der Waals surface area (Å²) in [6.45, 7) is -0.103. The fourth-order valence-corrected chi connectivity index (χ4v) is 3.58. The lowest BCUT2D eigenvalue weighted by Gasteiger charge is -2.12. The van der Waals surface area contributed by atoms with Crippen LogP contribution < -0.4 is 21.1 Å². The number of ether oxygens (including phenoxy) is 2. The third-order valence-electron chi connectivity index (χ3n) is 5.34. The third-order valence-corrected chi connectivity index (χ3v) is 5.34. The molecule has 0 saturated heterocycles. The van der Waals surface area contributed by atoms with E-state index in [-0.39, 0.29) is 28.9 Å². The zero-order chi connectivity index (χ0) is 28.2. The Labute approximate surface area is 218 Å². The first-order chi connectivity index (χ1) is 18.5. The topological polar surface area (TPSA) is 125 Å². The largest absolute Gasteiger partial charge is 0.573 e. The van der Waals surface area contributed by atoms with Crippen LogP contribution in [-0.2, 0) is 16.1 Å². The van der Waals surface area contributed by atoms with E-state index < -0.39 is 41.9 Å². The number of rotatable bonds is 7. The molecule has 0 aliphatic heterocycles. The van der Waals surface area contributed by atoms with E-state index in [0.717, 1.165) is 35.0 Å². The molecule has 1 aromatic heterocycles. The lowest BCUT2D eigenvalue weighted by atomic mass is 10.2. The Balaban J connectivity index is 1.49. The summed E-state index contributed by atoms with van der Waals surface area (Å²) in [6.07, 6.45) is -3.70. The first kappa shape index (κ1) is 27.1. The lowest BCUT2D eigenvalue weighted by Crippen LogP contribution is -2.42. The van der Waals surface area contributed by atoms with Crippen LogP contribution in [0.25, 0.3) is 10.9 Å². The first-order valence-corrected chi connectivity index (χ1v) is 11.2. The molecule has 0 bridgehead atoms. The van der Waals surface area contributed by atoms with Crippen LogP contribution in [0.4, 0.5) is 33.7 Å². The van der Waals surface area contributed by atoms with Crippen molar-refractivity contribution in [3.05, 3.63) is 90.4 Å². The number of carbonyl (C=O) groups excluding carboxylic acids is 3. The molecule has 2 amide bonds. The van der Waals surface area contributed by atoms with Crippen molar-refractivity contribution in [1.82, 2.24) is 4.57 Å². The summed E-state index contributed by atoms with van der Waals surface area (Å²) in [5, 5.41) is 4.97. The number of hydrogen-bond acceptors (Lipinski definition) is 6. The number of anilines is 2. The highest BCUT2D eigenvalue weighted by Gasteiger charge is 2.31. The van der Waals surface area contributed by atoms with Crippen LogP contribution in [-0.4, -0.2) is 34.9 Å². The number of urea groups is 1. The maximum absolute atomic E-state index is 14.0. The molecule has 1 atom stereocenters. The molecule has 13 heteroatoms. The maximum Gasteiger partial charge on any atom is 0.573 e. The number of halogens is 4. The van der Waals surface area contributed by atoms with Crippen molar-refractivity contribution in [2.24, 2.45) is 5.73 Å². The molecule has 0 aliphatic carbocycles. The number of carbonyl (C=O) groups is 3. The highest BCUT2D eigenvalue weighted by molar-refractivity contribution is 6.11. The molecular weight excluding hydrogens is 524 g/mol. The second-order valence-electron chi connectivity index (χ2n) is 8.13. The zero-order valence-corrected chi connectivity index (χ0v) is 19.9. The van der Waals surface area contributed by atoms with E-state index in [1.807, 2.05) is 0 Å². The van der Waals surface area contributed by atoms with Gasteiger partial charge in [0.1, 0.15) is 18.2 Å². The van der Waals surface area contributed by atoms with Gasteiger partial charge in [-0.25, -0.2) is 14.0 Å². The van der Waals surface area contributed by atoms with Crippen LogP contribution in [0.15, 0.2) is 79.0 Å². The molecule has 0 aliphatic rings. The van der Waals surface area contributed by atoms with Gasteiger partial charge in [0.15, 0.2) is 6.04 Å². The van der Waals surface area contributed by atoms with Gasteiger partial charge in [-0.3, -0.25) is 9.36 Å². The van der Waals surface area contributed by atoms with Gasteiger partial charge in [-0.2, -0.15) is 0 Å². The summed E-state index contributed by atoms with van der Waals surface area (Å²) in [4.78, 5) is 38.0. The molecule has 0 fully saturated rings. The van der Waals surface area contributed by atoms with Crippen molar-refractivity contribution in [1.29, 1.82) is 0 Å². The van der Waals surface area contributed by atoms with E-state index in [9.17, 15) is 31.9 Å². The molecule has 0 radical (unpaired) electrons. The van der Waals surface area contributed by atoms with E-state index in [1.165, 1.54) is 18.2 Å². The van der Waals surface area contributed by atoms with Crippen LogP contribution in [0.3, 0.4) is 0 Å². The molecule has 1 heterocycles. The number of aromatic nitrogens is 1. The van der Waals surface area contributed by atoms with Crippen molar-refractivity contribution in [2.45, 2.75) is 19.0 Å². The number of fused-ring (bicyclic) bond motifs is 1. The predicted octanol–water partition coefficient (Wildman–Crippen LogP) is 5.03. The van der Waals surface area contributed by atoms with Crippen LogP contribution in [0, 0.1) is 5.82 Å². The lowest BCUT2D eigenvalue weighted by molar-refractivity contribution is -0.274. The minimum atomic E-state index is -4.87. The Morgan fingerprint density at radius 1 is 0.949 bits per heavy atom. The quantitative estimate of drug-likeness (QED) is 0.170. The second kappa shape index (κ2) is 11.2. The maximum atomic E-state index is 14.0. The van der Waals surface area contributed by atoms with Crippen LogP contribution in [0.1, 0.15) is 10.4 Å². The van der Waals surface area contributed by atoms with Crippen molar-refractivity contribution < 1.29 is 41.4 Å². The van der Waals surface area contributed by atoms with Crippen LogP contribution in [0.2, 0.25) is 0 Å². The highest BCUT2D eigenvalue weighted by atomic mass is 19.4. The highest BCUT2D eigenvalue weighted by Crippen LogP contribution is 2.28. The van der Waals surface area contributed by atoms with E-state index in [4.69, 9.17) is 10.5 Å². The van der Waals surface area contributed by atoms with Gasteiger partial charge in [0.05, 0.1) is 11.2 Å². The molecule has 4 rings (SSSR count). The van der Waals surface area contributed by atoms with Gasteiger partial charge in [0.25, 0.3) is 5.91 Å². The Kier molecular flexibility index (Phi) is 7.81. The number of benzene rings is 3. The Bertz CT molecular complexity index is 1500. The predicted molar refractivity (Wildman–Crippen MR) is 133 cm³/mol. The van der Waals surface area contributed by atoms with Crippen molar-refractivity contribution in [2.75, 3.05) is 10.6 Å². The molecule has 0 spiro atoms. The van der Waals surface area contributed by atoms with Crippen LogP contribution in [0.5, 0.6) is 5.75 Å². The van der Waals surface area contributed by atoms with Crippen molar-refractivity contribution in [3.63, 3.8) is 0 Å². The van der Waals surface area contributed by atoms with Gasteiger partial charge in [-0.15, -0.1) is 13.2 Å². The zero-order valence-electron chi connectivity index (χ0n) is 19.9.